The van der Waals surface area contributed by atoms with Crippen molar-refractivity contribution in [2.45, 2.75) is 90.0 Å². The van der Waals surface area contributed by atoms with Crippen LogP contribution in [0.25, 0.3) is 11.6 Å². The SMILES string of the molecule is Cc1c(NC(=O)CN2CCN(C(=O)CCCCCCCCCCCNc3cccc4c3C(=O)N(C3CCC(=O)NC3=O)C4=O)CC2)c[nH]c1/C=C1\C(=O)Nc2ccc(F)cc21. The summed E-state index contributed by atoms with van der Waals surface area (Å²) in [6.45, 7) is 5.08. The van der Waals surface area contributed by atoms with Crippen LogP contribution in [0.2, 0.25) is 0 Å². The molecule has 0 radical (unpaired) electrons. The highest BCUT2D eigenvalue weighted by atomic mass is 19.1. The van der Waals surface area contributed by atoms with Gasteiger partial charge in [0, 0.05) is 74.4 Å². The molecule has 1 unspecified atom stereocenters. The van der Waals surface area contributed by atoms with Crippen molar-refractivity contribution in [2.24, 2.45) is 0 Å². The van der Waals surface area contributed by atoms with Crippen LogP contribution in [-0.4, -0.2) is 106 Å². The second-order valence-corrected chi connectivity index (χ2v) is 16.2. The number of carbonyl (C=O) groups is 7. The average Bonchev–Trinajstić information content (AvgIpc) is 3.83. The van der Waals surface area contributed by atoms with Crippen LogP contribution >= 0.6 is 0 Å². The van der Waals surface area contributed by atoms with Crippen molar-refractivity contribution in [3.63, 3.8) is 0 Å². The first-order chi connectivity index (χ1) is 29.5. The predicted octanol–water partition coefficient (Wildman–Crippen LogP) is 5.45. The molecule has 0 bridgehead atoms. The predicted molar refractivity (Wildman–Crippen MR) is 228 cm³/mol. The number of piperazine rings is 1. The number of aromatic nitrogens is 1. The van der Waals surface area contributed by atoms with Gasteiger partial charge < -0.3 is 25.8 Å². The van der Waals surface area contributed by atoms with Gasteiger partial charge in [-0.15, -0.1) is 0 Å². The molecule has 4 aliphatic heterocycles. The van der Waals surface area contributed by atoms with Crippen LogP contribution in [0.1, 0.15) is 115 Å². The number of piperidine rings is 1. The Morgan fingerprint density at radius 1 is 0.836 bits per heavy atom. The molecule has 0 spiro atoms. The fourth-order valence-electron chi connectivity index (χ4n) is 8.47. The summed E-state index contributed by atoms with van der Waals surface area (Å²) in [4.78, 5) is 96.6. The molecule has 5 N–H and O–H groups in total. The van der Waals surface area contributed by atoms with Crippen molar-refractivity contribution in [1.29, 1.82) is 0 Å². The maximum atomic E-state index is 13.9. The van der Waals surface area contributed by atoms with E-state index in [1.165, 1.54) is 18.2 Å². The van der Waals surface area contributed by atoms with E-state index in [0.717, 1.165) is 68.3 Å². The molecule has 5 heterocycles. The largest absolute Gasteiger partial charge is 0.384 e. The lowest BCUT2D eigenvalue weighted by molar-refractivity contribution is -0.136. The molecule has 2 saturated heterocycles. The Bertz CT molecular complexity index is 2240. The fourth-order valence-corrected chi connectivity index (χ4v) is 8.47. The molecule has 0 aliphatic carbocycles. The van der Waals surface area contributed by atoms with E-state index in [-0.39, 0.29) is 48.2 Å². The van der Waals surface area contributed by atoms with E-state index in [1.807, 2.05) is 16.7 Å². The number of carbonyl (C=O) groups excluding carboxylic acids is 7. The molecule has 61 heavy (non-hydrogen) atoms. The monoisotopic (exact) mass is 836 g/mol. The number of H-pyrrole nitrogens is 1. The Kier molecular flexibility index (Phi) is 13.7. The molecule has 1 aromatic heterocycles. The van der Waals surface area contributed by atoms with E-state index in [1.54, 1.807) is 30.5 Å². The summed E-state index contributed by atoms with van der Waals surface area (Å²) in [5, 5.41) is 11.2. The number of nitrogens with zero attached hydrogens (tertiary/aromatic N) is 3. The van der Waals surface area contributed by atoms with Gasteiger partial charge in [0.1, 0.15) is 11.9 Å². The summed E-state index contributed by atoms with van der Waals surface area (Å²) in [5.41, 5.74) is 4.51. The van der Waals surface area contributed by atoms with Crippen molar-refractivity contribution in [3.8, 4) is 0 Å². The zero-order valence-electron chi connectivity index (χ0n) is 34.5. The topological polar surface area (TPSA) is 193 Å². The molecular formula is C45H53FN8O7. The summed E-state index contributed by atoms with van der Waals surface area (Å²) >= 11 is 0. The minimum atomic E-state index is -0.988. The van der Waals surface area contributed by atoms with Crippen LogP contribution in [0.3, 0.4) is 0 Å². The van der Waals surface area contributed by atoms with Gasteiger partial charge in [-0.25, -0.2) is 4.39 Å². The number of nitrogens with one attached hydrogen (secondary N) is 5. The number of amides is 7. The van der Waals surface area contributed by atoms with Gasteiger partial charge >= 0.3 is 0 Å². The number of unbranched alkanes of at least 4 members (excludes halogenated alkanes) is 8. The Hall–Kier alpha value is -6.16. The molecule has 4 aliphatic rings. The molecule has 3 aromatic rings. The molecule has 322 valence electrons. The Morgan fingerprint density at radius 3 is 2.30 bits per heavy atom. The summed E-state index contributed by atoms with van der Waals surface area (Å²) in [6.07, 6.45) is 13.4. The Balaban J connectivity index is 0.716. The van der Waals surface area contributed by atoms with Gasteiger partial charge in [-0.2, -0.15) is 0 Å². The fraction of sp³-hybridized carbons (Fsp3) is 0.444. The summed E-state index contributed by atoms with van der Waals surface area (Å²) < 4.78 is 13.9. The molecule has 2 fully saturated rings. The minimum absolute atomic E-state index is 0.0799. The number of benzene rings is 2. The van der Waals surface area contributed by atoms with Crippen molar-refractivity contribution in [2.75, 3.05) is 55.2 Å². The lowest BCUT2D eigenvalue weighted by Gasteiger charge is -2.34. The number of fused-ring (bicyclic) bond motifs is 2. The first kappa shape index (κ1) is 42.9. The van der Waals surface area contributed by atoms with E-state index in [9.17, 15) is 38.0 Å². The highest BCUT2D eigenvalue weighted by Crippen LogP contribution is 2.35. The standard InChI is InChI=1S/C45H53FN8O7/c1-28-35(25-32-31-24-29(46)15-16-33(31)50-42(32)58)48-26-36(28)49-39(56)27-52-20-22-53(23-21-52)40(57)14-9-7-5-3-2-4-6-8-10-19-47-34-13-11-12-30-41(34)45(61)54(44(30)60)37-17-18-38(55)51-43(37)59/h11-13,15-16,24-26,37,47-48H,2-10,14,17-23,27H2,1H3,(H,49,56)(H,50,58)(H,51,55,59)/b32-25-. The highest BCUT2D eigenvalue weighted by Gasteiger charge is 2.45. The molecule has 2 aromatic carbocycles. The van der Waals surface area contributed by atoms with E-state index < -0.39 is 35.5 Å². The number of halogens is 1. The van der Waals surface area contributed by atoms with Crippen molar-refractivity contribution >= 4 is 70.1 Å². The lowest BCUT2D eigenvalue weighted by Crippen LogP contribution is -2.54. The van der Waals surface area contributed by atoms with Gasteiger partial charge in [0.15, 0.2) is 0 Å². The number of rotatable bonds is 18. The van der Waals surface area contributed by atoms with Crippen molar-refractivity contribution < 1.29 is 38.0 Å². The molecule has 1 atom stereocenters. The zero-order chi connectivity index (χ0) is 43.0. The van der Waals surface area contributed by atoms with Crippen LogP contribution < -0.4 is 21.3 Å². The van der Waals surface area contributed by atoms with Crippen LogP contribution in [0.4, 0.5) is 21.5 Å². The van der Waals surface area contributed by atoms with E-state index >= 15 is 0 Å². The van der Waals surface area contributed by atoms with Gasteiger partial charge in [-0.1, -0.05) is 51.0 Å². The Morgan fingerprint density at radius 2 is 1.56 bits per heavy atom. The van der Waals surface area contributed by atoms with Crippen LogP contribution in [0.5, 0.6) is 0 Å². The molecular weight excluding hydrogens is 784 g/mol. The summed E-state index contributed by atoms with van der Waals surface area (Å²) in [5.74, 6) is -2.81. The second kappa shape index (κ2) is 19.5. The van der Waals surface area contributed by atoms with E-state index in [2.05, 4.69) is 26.3 Å². The smallest absolute Gasteiger partial charge is 0.264 e. The average molecular weight is 837 g/mol. The van der Waals surface area contributed by atoms with Gasteiger partial charge in [0.25, 0.3) is 17.7 Å². The molecule has 15 nitrogen and oxygen atoms in total. The van der Waals surface area contributed by atoms with Gasteiger partial charge in [-0.3, -0.25) is 48.7 Å². The molecule has 7 rings (SSSR count). The zero-order valence-corrected chi connectivity index (χ0v) is 34.5. The Labute approximate surface area is 353 Å². The minimum Gasteiger partial charge on any atom is -0.384 e. The van der Waals surface area contributed by atoms with E-state index in [4.69, 9.17) is 0 Å². The normalized spacial score (nSPS) is 18.4. The molecule has 0 saturated carbocycles. The number of hydrogen-bond donors (Lipinski definition) is 5. The maximum absolute atomic E-state index is 13.9. The summed E-state index contributed by atoms with van der Waals surface area (Å²) in [6, 6.07) is 8.25. The maximum Gasteiger partial charge on any atom is 0.264 e. The second-order valence-electron chi connectivity index (χ2n) is 16.2. The lowest BCUT2D eigenvalue weighted by atomic mass is 10.0. The third-order valence-electron chi connectivity index (χ3n) is 12.0. The number of aromatic amines is 1. The van der Waals surface area contributed by atoms with Crippen LogP contribution in [0, 0.1) is 12.7 Å². The van der Waals surface area contributed by atoms with Crippen molar-refractivity contribution in [3.05, 3.63) is 76.4 Å². The van der Waals surface area contributed by atoms with Crippen molar-refractivity contribution in [1.82, 2.24) is 25.0 Å². The number of hydrogen-bond acceptors (Lipinski definition) is 9. The quantitative estimate of drug-likeness (QED) is 0.0630. The number of imide groups is 2. The van der Waals surface area contributed by atoms with E-state index in [0.29, 0.717) is 73.0 Å². The first-order valence-corrected chi connectivity index (χ1v) is 21.4. The third kappa shape index (κ3) is 10.1. The molecule has 16 heteroatoms. The molecule has 7 amide bonds. The number of anilines is 3. The van der Waals surface area contributed by atoms with Crippen LogP contribution in [-0.2, 0) is 24.0 Å². The van der Waals surface area contributed by atoms with Gasteiger partial charge in [0.05, 0.1) is 28.9 Å². The highest BCUT2D eigenvalue weighted by molar-refractivity contribution is 6.35. The van der Waals surface area contributed by atoms with Gasteiger partial charge in [-0.05, 0) is 68.2 Å². The summed E-state index contributed by atoms with van der Waals surface area (Å²) in [7, 11) is 0. The van der Waals surface area contributed by atoms with Gasteiger partial charge in [0.2, 0.25) is 23.6 Å². The first-order valence-electron chi connectivity index (χ1n) is 21.4. The van der Waals surface area contributed by atoms with Crippen LogP contribution in [0.15, 0.2) is 42.6 Å². The third-order valence-corrected chi connectivity index (χ3v) is 12.0.